The van der Waals surface area contributed by atoms with Gasteiger partial charge in [0, 0.05) is 6.12 Å². The first kappa shape index (κ1) is 7.88. The standard InChI is InChI=1S/C6H13NO2S/c1-6(2,10-3)4(7)5(8)9/h4H,7H2,1-3H3,(H,8,9)/t4-/m1/s1/i3D. The maximum Gasteiger partial charge on any atom is 0.321 e. The minimum absolute atomic E-state index is 0.133. The van der Waals surface area contributed by atoms with Crippen LogP contribution < -0.4 is 5.73 Å². The number of aliphatic carboxylic acids is 1. The van der Waals surface area contributed by atoms with Crippen molar-refractivity contribution in [3.8, 4) is 0 Å². The van der Waals surface area contributed by atoms with E-state index in [0.29, 0.717) is 0 Å². The van der Waals surface area contributed by atoms with E-state index in [0.717, 1.165) is 0 Å². The number of carboxylic acid groups (broad SMARTS) is 1. The zero-order valence-electron chi connectivity index (χ0n) is 7.13. The van der Waals surface area contributed by atoms with Crippen LogP contribution in [0.3, 0.4) is 0 Å². The summed E-state index contributed by atoms with van der Waals surface area (Å²) >= 11 is 1.23. The Morgan fingerprint density at radius 3 is 2.70 bits per heavy atom. The second-order valence-corrected chi connectivity index (χ2v) is 3.90. The van der Waals surface area contributed by atoms with Crippen LogP contribution in [0.4, 0.5) is 0 Å². The molecular weight excluding hydrogens is 150 g/mol. The quantitative estimate of drug-likeness (QED) is 0.639. The number of carbonyl (C=O) groups is 1. The third-order valence-corrected chi connectivity index (χ3v) is 2.38. The Balaban J connectivity index is 4.16. The summed E-state index contributed by atoms with van der Waals surface area (Å²) in [7, 11) is 0. The summed E-state index contributed by atoms with van der Waals surface area (Å²) in [4.78, 5) is 10.4. The van der Waals surface area contributed by atoms with Crippen molar-refractivity contribution in [2.75, 3.05) is 6.23 Å². The molecule has 0 fully saturated rings. The summed E-state index contributed by atoms with van der Waals surface area (Å²) in [6.07, 6.45) is 0.133. The Kier molecular flexibility index (Phi) is 2.56. The van der Waals surface area contributed by atoms with Crippen LogP contribution in [0.15, 0.2) is 0 Å². The number of thioether (sulfide) groups is 1. The van der Waals surface area contributed by atoms with E-state index in [-0.39, 0.29) is 6.23 Å². The smallest absolute Gasteiger partial charge is 0.321 e. The van der Waals surface area contributed by atoms with Crippen molar-refractivity contribution in [2.24, 2.45) is 5.73 Å². The molecule has 1 atom stereocenters. The van der Waals surface area contributed by atoms with E-state index in [1.54, 1.807) is 13.8 Å². The number of nitrogens with two attached hydrogens (primary N) is 1. The lowest BCUT2D eigenvalue weighted by molar-refractivity contribution is -0.139. The van der Waals surface area contributed by atoms with E-state index in [4.69, 9.17) is 12.2 Å². The highest BCUT2D eigenvalue weighted by Crippen LogP contribution is 2.23. The summed E-state index contributed by atoms with van der Waals surface area (Å²) in [5, 5.41) is 8.54. The third kappa shape index (κ3) is 2.19. The molecule has 0 amide bonds. The average Bonchev–Trinajstić information content (AvgIpc) is 1.86. The van der Waals surface area contributed by atoms with E-state index in [1.165, 1.54) is 11.8 Å². The lowest BCUT2D eigenvalue weighted by Gasteiger charge is -2.25. The van der Waals surface area contributed by atoms with Crippen molar-refractivity contribution in [2.45, 2.75) is 24.6 Å². The second-order valence-electron chi connectivity index (χ2n) is 2.56. The fourth-order valence-electron chi connectivity index (χ4n) is 0.387. The van der Waals surface area contributed by atoms with Gasteiger partial charge in [-0.05, 0) is 20.1 Å². The van der Waals surface area contributed by atoms with Crippen molar-refractivity contribution >= 4 is 17.7 Å². The minimum Gasteiger partial charge on any atom is -0.480 e. The van der Waals surface area contributed by atoms with Crippen molar-refractivity contribution in [1.29, 1.82) is 0 Å². The number of hydrogen-bond acceptors (Lipinski definition) is 3. The summed E-state index contributed by atoms with van der Waals surface area (Å²) < 4.78 is 6.35. The van der Waals surface area contributed by atoms with Crippen LogP contribution in [0.25, 0.3) is 0 Å². The molecule has 0 saturated carbocycles. The van der Waals surface area contributed by atoms with Gasteiger partial charge in [0.15, 0.2) is 0 Å². The molecule has 0 aromatic carbocycles. The normalized spacial score (nSPS) is 16.1. The Labute approximate surface area is 66.4 Å². The number of carboxylic acids is 1. The number of rotatable bonds is 3. The monoisotopic (exact) mass is 164 g/mol. The Bertz CT molecular complexity index is 152. The topological polar surface area (TPSA) is 63.3 Å². The third-order valence-electron chi connectivity index (χ3n) is 1.39. The van der Waals surface area contributed by atoms with Gasteiger partial charge in [-0.1, -0.05) is 0 Å². The van der Waals surface area contributed by atoms with Crippen LogP contribution in [0.1, 0.15) is 15.2 Å². The second kappa shape index (κ2) is 3.25. The molecule has 0 heterocycles. The molecule has 0 aliphatic rings. The Morgan fingerprint density at radius 1 is 1.90 bits per heavy atom. The first-order valence-electron chi connectivity index (χ1n) is 3.54. The molecule has 0 aliphatic carbocycles. The van der Waals surface area contributed by atoms with Gasteiger partial charge >= 0.3 is 5.97 Å². The lowest BCUT2D eigenvalue weighted by atomic mass is 10.1. The molecule has 3 N–H and O–H groups in total. The van der Waals surface area contributed by atoms with Gasteiger partial charge in [0.05, 0.1) is 0 Å². The molecule has 0 aromatic heterocycles. The van der Waals surface area contributed by atoms with E-state index >= 15 is 0 Å². The summed E-state index contributed by atoms with van der Waals surface area (Å²) in [6.45, 7) is 3.45. The van der Waals surface area contributed by atoms with Gasteiger partial charge in [0.25, 0.3) is 0 Å². The highest BCUT2D eigenvalue weighted by atomic mass is 32.2. The SMILES string of the molecule is [2H]CSC(C)(C)[C@H](N)C(=O)O. The van der Waals surface area contributed by atoms with Crippen LogP contribution in [0.5, 0.6) is 0 Å². The first-order chi connectivity index (χ1) is 4.91. The molecule has 0 rings (SSSR count). The molecule has 0 aliphatic heterocycles. The Morgan fingerprint density at radius 2 is 2.40 bits per heavy atom. The van der Waals surface area contributed by atoms with Crippen LogP contribution in [-0.2, 0) is 4.79 Å². The predicted octanol–water partition coefficient (Wildman–Crippen LogP) is 0.540. The van der Waals surface area contributed by atoms with Crippen molar-refractivity contribution < 1.29 is 11.3 Å². The summed E-state index contributed by atoms with van der Waals surface area (Å²) in [5.41, 5.74) is 5.38. The zero-order valence-corrected chi connectivity index (χ0v) is 6.94. The highest BCUT2D eigenvalue weighted by Gasteiger charge is 2.30. The van der Waals surface area contributed by atoms with E-state index in [1.807, 2.05) is 0 Å². The average molecular weight is 164 g/mol. The predicted molar refractivity (Wildman–Crippen MR) is 43.2 cm³/mol. The largest absolute Gasteiger partial charge is 0.480 e. The molecule has 0 saturated heterocycles. The highest BCUT2D eigenvalue weighted by molar-refractivity contribution is 8.00. The Hall–Kier alpha value is -0.220. The molecular formula is C6H13NO2S. The minimum atomic E-state index is -1.02. The van der Waals surface area contributed by atoms with Crippen molar-refractivity contribution in [3.05, 3.63) is 0 Å². The molecule has 3 nitrogen and oxygen atoms in total. The molecule has 0 radical (unpaired) electrons. The molecule has 0 spiro atoms. The number of hydrogen-bond donors (Lipinski definition) is 2. The molecule has 0 unspecified atom stereocenters. The van der Waals surface area contributed by atoms with Gasteiger partial charge in [-0.15, -0.1) is 0 Å². The van der Waals surface area contributed by atoms with Gasteiger partial charge in [-0.2, -0.15) is 11.8 Å². The maximum absolute atomic E-state index is 10.4. The van der Waals surface area contributed by atoms with Crippen LogP contribution in [-0.4, -0.2) is 28.1 Å². The first-order valence-corrected chi connectivity index (χ1v) is 3.82. The van der Waals surface area contributed by atoms with Crippen LogP contribution in [0, 0.1) is 0 Å². The summed E-state index contributed by atoms with van der Waals surface area (Å²) in [6, 6.07) is -0.905. The van der Waals surface area contributed by atoms with Crippen LogP contribution >= 0.6 is 11.8 Å². The summed E-state index contributed by atoms with van der Waals surface area (Å²) in [5.74, 6) is -1.02. The maximum atomic E-state index is 10.4. The van der Waals surface area contributed by atoms with Crippen molar-refractivity contribution in [1.82, 2.24) is 0 Å². The molecule has 0 bridgehead atoms. The lowest BCUT2D eigenvalue weighted by Crippen LogP contribution is -2.46. The van der Waals surface area contributed by atoms with Gasteiger partial charge in [-0.3, -0.25) is 4.79 Å². The van der Waals surface area contributed by atoms with Crippen molar-refractivity contribution in [3.63, 3.8) is 0 Å². The van der Waals surface area contributed by atoms with E-state index in [2.05, 4.69) is 0 Å². The van der Waals surface area contributed by atoms with Gasteiger partial charge in [-0.25, -0.2) is 0 Å². The van der Waals surface area contributed by atoms with E-state index < -0.39 is 16.8 Å². The molecule has 4 heteroatoms. The molecule has 10 heavy (non-hydrogen) atoms. The van der Waals surface area contributed by atoms with Gasteiger partial charge < -0.3 is 10.8 Å². The zero-order chi connectivity index (χ0) is 9.07. The van der Waals surface area contributed by atoms with Crippen LogP contribution in [0.2, 0.25) is 0 Å². The fraction of sp³-hybridized carbons (Fsp3) is 0.833. The molecule has 60 valence electrons. The molecule has 0 aromatic rings. The van der Waals surface area contributed by atoms with Gasteiger partial charge in [0.2, 0.25) is 0 Å². The van der Waals surface area contributed by atoms with E-state index in [9.17, 15) is 4.79 Å². The van der Waals surface area contributed by atoms with Gasteiger partial charge in [0.1, 0.15) is 6.04 Å². The fourth-order valence-corrected chi connectivity index (χ4v) is 0.668.